The number of amides is 2. The van der Waals surface area contributed by atoms with Crippen molar-refractivity contribution >= 4 is 23.6 Å². The Labute approximate surface area is 187 Å². The number of nitrogens with zero attached hydrogens (tertiary/aromatic N) is 1. The van der Waals surface area contributed by atoms with Gasteiger partial charge in [0.05, 0.1) is 0 Å². The summed E-state index contributed by atoms with van der Waals surface area (Å²) in [4.78, 5) is 28.5. The highest BCUT2D eigenvalue weighted by Crippen LogP contribution is 2.35. The van der Waals surface area contributed by atoms with Gasteiger partial charge >= 0.3 is 0 Å². The molecule has 0 aliphatic carbocycles. The van der Waals surface area contributed by atoms with Crippen molar-refractivity contribution in [1.82, 2.24) is 10.2 Å². The van der Waals surface area contributed by atoms with Crippen LogP contribution in [0.25, 0.3) is 0 Å². The Morgan fingerprint density at radius 2 is 1.42 bits per heavy atom. The van der Waals surface area contributed by atoms with Crippen LogP contribution in [0.3, 0.4) is 0 Å². The molecule has 1 aliphatic rings. The van der Waals surface area contributed by atoms with E-state index in [1.807, 2.05) is 77.7 Å². The van der Waals surface area contributed by atoms with E-state index in [0.29, 0.717) is 32.5 Å². The van der Waals surface area contributed by atoms with Crippen LogP contribution >= 0.6 is 11.8 Å². The molecular weight excluding hydrogens is 404 g/mol. The molecule has 31 heavy (non-hydrogen) atoms. The Morgan fingerprint density at radius 1 is 0.839 bits per heavy atom. The van der Waals surface area contributed by atoms with E-state index in [9.17, 15) is 9.59 Å². The molecule has 4 rings (SSSR count). The number of hydrogen-bond donors (Lipinski definition) is 1. The molecule has 1 unspecified atom stereocenters. The molecule has 0 radical (unpaired) electrons. The van der Waals surface area contributed by atoms with E-state index in [1.54, 1.807) is 11.8 Å². The highest BCUT2D eigenvalue weighted by molar-refractivity contribution is 8.00. The van der Waals surface area contributed by atoms with Gasteiger partial charge in [0.2, 0.25) is 11.8 Å². The maximum absolute atomic E-state index is 13.0. The van der Waals surface area contributed by atoms with Gasteiger partial charge in [0.1, 0.15) is 5.25 Å². The SMILES string of the molecule is O=C(NCCCC(=O)N1Cc2ccccc2C1)C(Sc1ccccc1)c1ccccc1. The van der Waals surface area contributed by atoms with Gasteiger partial charge in [-0.1, -0.05) is 72.8 Å². The Balaban J connectivity index is 1.28. The van der Waals surface area contributed by atoms with Crippen molar-refractivity contribution in [3.8, 4) is 0 Å². The summed E-state index contributed by atoms with van der Waals surface area (Å²) >= 11 is 1.54. The first-order chi connectivity index (χ1) is 15.2. The second-order valence-corrected chi connectivity index (χ2v) is 8.81. The lowest BCUT2D eigenvalue weighted by molar-refractivity contribution is -0.132. The number of fused-ring (bicyclic) bond motifs is 1. The zero-order chi connectivity index (χ0) is 21.5. The molecule has 1 heterocycles. The summed E-state index contributed by atoms with van der Waals surface area (Å²) in [5.74, 6) is 0.116. The Hall–Kier alpha value is -3.05. The summed E-state index contributed by atoms with van der Waals surface area (Å²) < 4.78 is 0. The van der Waals surface area contributed by atoms with Gasteiger partial charge in [-0.3, -0.25) is 9.59 Å². The fourth-order valence-corrected chi connectivity index (χ4v) is 4.82. The Bertz CT molecular complexity index is 999. The van der Waals surface area contributed by atoms with Crippen LogP contribution in [0.1, 0.15) is 34.8 Å². The molecule has 2 amide bonds. The molecule has 1 aliphatic heterocycles. The molecule has 0 bridgehead atoms. The minimum absolute atomic E-state index is 0.0268. The molecule has 1 N–H and O–H groups in total. The highest BCUT2D eigenvalue weighted by Gasteiger charge is 2.23. The maximum atomic E-state index is 13.0. The molecular formula is C26H26N2O2S. The van der Waals surface area contributed by atoms with Crippen molar-refractivity contribution in [2.45, 2.75) is 36.1 Å². The first-order valence-electron chi connectivity index (χ1n) is 10.6. The number of hydrogen-bond acceptors (Lipinski definition) is 3. The quantitative estimate of drug-likeness (QED) is 0.406. The molecule has 0 saturated heterocycles. The van der Waals surface area contributed by atoms with Crippen LogP contribution in [0.2, 0.25) is 0 Å². The van der Waals surface area contributed by atoms with Crippen molar-refractivity contribution in [2.24, 2.45) is 0 Å². The van der Waals surface area contributed by atoms with Gasteiger partial charge in [-0.05, 0) is 35.2 Å². The molecule has 3 aromatic carbocycles. The van der Waals surface area contributed by atoms with Crippen LogP contribution in [0.4, 0.5) is 0 Å². The van der Waals surface area contributed by atoms with Crippen LogP contribution in [0, 0.1) is 0 Å². The van der Waals surface area contributed by atoms with Crippen LogP contribution in [0.15, 0.2) is 89.8 Å². The first kappa shape index (κ1) is 21.2. The van der Waals surface area contributed by atoms with Crippen molar-refractivity contribution in [3.05, 3.63) is 102 Å². The summed E-state index contributed by atoms with van der Waals surface area (Å²) in [7, 11) is 0. The Kier molecular flexibility index (Phi) is 7.05. The normalized spacial score (nSPS) is 13.5. The summed E-state index contributed by atoms with van der Waals surface area (Å²) in [6.45, 7) is 1.86. The van der Waals surface area contributed by atoms with E-state index >= 15 is 0 Å². The molecule has 0 fully saturated rings. The largest absolute Gasteiger partial charge is 0.355 e. The average Bonchev–Trinajstić information content (AvgIpc) is 3.26. The van der Waals surface area contributed by atoms with Gasteiger partial charge in [-0.15, -0.1) is 11.8 Å². The molecule has 1 atom stereocenters. The van der Waals surface area contributed by atoms with E-state index in [2.05, 4.69) is 17.4 Å². The predicted octanol–water partition coefficient (Wildman–Crippen LogP) is 4.96. The number of nitrogens with one attached hydrogen (secondary N) is 1. The third-order valence-electron chi connectivity index (χ3n) is 5.40. The molecule has 0 aromatic heterocycles. The lowest BCUT2D eigenvalue weighted by Gasteiger charge is -2.18. The number of carbonyl (C=O) groups is 2. The standard InChI is InChI=1S/C26H26N2O2S/c29-24(28-18-21-12-7-8-13-22(21)19-28)16-9-17-27-26(30)25(20-10-3-1-4-11-20)31-23-14-5-2-6-15-23/h1-8,10-15,25H,9,16-19H2,(H,27,30). The first-order valence-corrected chi connectivity index (χ1v) is 11.5. The van der Waals surface area contributed by atoms with E-state index in [0.717, 1.165) is 10.5 Å². The van der Waals surface area contributed by atoms with E-state index < -0.39 is 0 Å². The molecule has 0 saturated carbocycles. The number of carbonyl (C=O) groups excluding carboxylic acids is 2. The smallest absolute Gasteiger partial charge is 0.237 e. The van der Waals surface area contributed by atoms with Gasteiger partial charge in [-0.25, -0.2) is 0 Å². The zero-order valence-electron chi connectivity index (χ0n) is 17.4. The van der Waals surface area contributed by atoms with Crippen molar-refractivity contribution < 1.29 is 9.59 Å². The fraction of sp³-hybridized carbons (Fsp3) is 0.231. The lowest BCUT2D eigenvalue weighted by Crippen LogP contribution is -2.30. The predicted molar refractivity (Wildman–Crippen MR) is 124 cm³/mol. The molecule has 5 heteroatoms. The summed E-state index contributed by atoms with van der Waals surface area (Å²) in [5.41, 5.74) is 3.43. The average molecular weight is 431 g/mol. The summed E-state index contributed by atoms with van der Waals surface area (Å²) in [5, 5.41) is 2.71. The lowest BCUT2D eigenvalue weighted by atomic mass is 10.1. The molecule has 158 valence electrons. The van der Waals surface area contributed by atoms with Crippen molar-refractivity contribution in [3.63, 3.8) is 0 Å². The summed E-state index contributed by atoms with van der Waals surface area (Å²) in [6.07, 6.45) is 1.07. The minimum Gasteiger partial charge on any atom is -0.355 e. The Morgan fingerprint density at radius 3 is 2.06 bits per heavy atom. The second-order valence-electron chi connectivity index (χ2n) is 7.63. The van der Waals surface area contributed by atoms with Crippen molar-refractivity contribution in [1.29, 1.82) is 0 Å². The van der Waals surface area contributed by atoms with E-state index in [4.69, 9.17) is 0 Å². The number of rotatable bonds is 8. The fourth-order valence-electron chi connectivity index (χ4n) is 3.75. The minimum atomic E-state index is -0.326. The van der Waals surface area contributed by atoms with Gasteiger partial charge in [0, 0.05) is 31.0 Å². The topological polar surface area (TPSA) is 49.4 Å². The van der Waals surface area contributed by atoms with Crippen LogP contribution in [-0.4, -0.2) is 23.3 Å². The summed E-state index contributed by atoms with van der Waals surface area (Å²) in [6, 6.07) is 28.0. The van der Waals surface area contributed by atoms with Gasteiger partial charge in [0.15, 0.2) is 0 Å². The van der Waals surface area contributed by atoms with Gasteiger partial charge < -0.3 is 10.2 Å². The number of thioether (sulfide) groups is 1. The van der Waals surface area contributed by atoms with Crippen LogP contribution < -0.4 is 5.32 Å². The molecule has 3 aromatic rings. The van der Waals surface area contributed by atoms with Crippen LogP contribution in [0.5, 0.6) is 0 Å². The third kappa shape index (κ3) is 5.56. The zero-order valence-corrected chi connectivity index (χ0v) is 18.2. The molecule has 0 spiro atoms. The van der Waals surface area contributed by atoms with Gasteiger partial charge in [-0.2, -0.15) is 0 Å². The van der Waals surface area contributed by atoms with E-state index in [1.165, 1.54) is 11.1 Å². The number of benzene rings is 3. The molecule has 4 nitrogen and oxygen atoms in total. The van der Waals surface area contributed by atoms with Crippen LogP contribution in [-0.2, 0) is 22.7 Å². The monoisotopic (exact) mass is 430 g/mol. The second kappa shape index (κ2) is 10.3. The van der Waals surface area contributed by atoms with E-state index in [-0.39, 0.29) is 17.1 Å². The van der Waals surface area contributed by atoms with Crippen molar-refractivity contribution in [2.75, 3.05) is 6.54 Å². The highest BCUT2D eigenvalue weighted by atomic mass is 32.2. The maximum Gasteiger partial charge on any atom is 0.237 e. The third-order valence-corrected chi connectivity index (χ3v) is 6.66. The van der Waals surface area contributed by atoms with Gasteiger partial charge in [0.25, 0.3) is 0 Å².